The Bertz CT molecular complexity index is 614. The van der Waals surface area contributed by atoms with E-state index in [-0.39, 0.29) is 5.91 Å². The predicted octanol–water partition coefficient (Wildman–Crippen LogP) is 2.76. The number of amides is 1. The maximum Gasteiger partial charge on any atom is 0.270 e. The average Bonchev–Trinajstić information content (AvgIpc) is 2.56. The van der Waals surface area contributed by atoms with Crippen LogP contribution in [-0.2, 0) is 0 Å². The minimum Gasteiger partial charge on any atom is -0.497 e. The number of hydrogen-bond donors (Lipinski definition) is 2. The number of ether oxygens (including phenoxy) is 1. The van der Waals surface area contributed by atoms with Crippen molar-refractivity contribution in [1.82, 2.24) is 15.3 Å². The van der Waals surface area contributed by atoms with Crippen LogP contribution in [0.25, 0.3) is 0 Å². The first-order valence-electron chi connectivity index (χ1n) is 7.25. The van der Waals surface area contributed by atoms with E-state index in [4.69, 9.17) is 4.74 Å². The number of unbranched alkanes of at least 4 members (excludes halogenated alkanes) is 1. The van der Waals surface area contributed by atoms with E-state index >= 15 is 0 Å². The van der Waals surface area contributed by atoms with Gasteiger partial charge >= 0.3 is 0 Å². The van der Waals surface area contributed by atoms with Crippen LogP contribution in [0.5, 0.6) is 5.75 Å². The quantitative estimate of drug-likeness (QED) is 0.769. The lowest BCUT2D eigenvalue weighted by Crippen LogP contribution is -2.25. The van der Waals surface area contributed by atoms with Crippen molar-refractivity contribution in [3.05, 3.63) is 42.2 Å². The summed E-state index contributed by atoms with van der Waals surface area (Å²) in [6, 6.07) is 8.99. The largest absolute Gasteiger partial charge is 0.497 e. The summed E-state index contributed by atoms with van der Waals surface area (Å²) >= 11 is 0. The van der Waals surface area contributed by atoms with Crippen LogP contribution in [0.2, 0.25) is 0 Å². The molecule has 2 N–H and O–H groups in total. The van der Waals surface area contributed by atoms with E-state index in [1.165, 1.54) is 0 Å². The Balaban J connectivity index is 2.02. The summed E-state index contributed by atoms with van der Waals surface area (Å²) in [5.74, 6) is 0.970. The molecule has 0 bridgehead atoms. The molecule has 0 aliphatic heterocycles. The molecule has 0 fully saturated rings. The lowest BCUT2D eigenvalue weighted by molar-refractivity contribution is 0.0948. The van der Waals surface area contributed by atoms with Gasteiger partial charge in [-0.3, -0.25) is 4.79 Å². The number of aromatic nitrogens is 2. The zero-order valence-corrected chi connectivity index (χ0v) is 12.8. The van der Waals surface area contributed by atoms with Crippen molar-refractivity contribution in [2.45, 2.75) is 19.8 Å². The van der Waals surface area contributed by atoms with Crippen LogP contribution in [0.3, 0.4) is 0 Å². The van der Waals surface area contributed by atoms with Crippen molar-refractivity contribution < 1.29 is 9.53 Å². The second kappa shape index (κ2) is 7.97. The Labute approximate surface area is 129 Å². The van der Waals surface area contributed by atoms with Gasteiger partial charge in [0.05, 0.1) is 7.11 Å². The van der Waals surface area contributed by atoms with Gasteiger partial charge in [0.15, 0.2) is 0 Å². The Kier molecular flexibility index (Phi) is 5.71. The van der Waals surface area contributed by atoms with E-state index in [1.54, 1.807) is 19.4 Å². The molecule has 6 heteroatoms. The van der Waals surface area contributed by atoms with E-state index in [9.17, 15) is 4.79 Å². The predicted molar refractivity (Wildman–Crippen MR) is 85.5 cm³/mol. The number of benzene rings is 1. The number of anilines is 2. The highest BCUT2D eigenvalue weighted by Gasteiger charge is 2.08. The molecule has 1 aromatic heterocycles. The second-order valence-corrected chi connectivity index (χ2v) is 4.73. The van der Waals surface area contributed by atoms with E-state index in [0.29, 0.717) is 18.2 Å². The standard InChI is InChI=1S/C16H20N4O2/c1-3-4-10-17-15(21)14-9-11-18-16(20-14)19-12-5-7-13(22-2)8-6-12/h5-9,11H,3-4,10H2,1-2H3,(H,17,21)(H,18,19,20). The van der Waals surface area contributed by atoms with Crippen molar-refractivity contribution in [3.63, 3.8) is 0 Å². The van der Waals surface area contributed by atoms with Gasteiger partial charge in [0.2, 0.25) is 5.95 Å². The molecule has 0 radical (unpaired) electrons. The number of methoxy groups -OCH3 is 1. The van der Waals surface area contributed by atoms with Crippen molar-refractivity contribution in [3.8, 4) is 5.75 Å². The van der Waals surface area contributed by atoms with E-state index < -0.39 is 0 Å². The molecule has 0 aliphatic rings. The SMILES string of the molecule is CCCCNC(=O)c1ccnc(Nc2ccc(OC)cc2)n1. The third-order valence-corrected chi connectivity index (χ3v) is 3.05. The molecule has 0 aliphatic carbocycles. The van der Waals surface area contributed by atoms with Crippen molar-refractivity contribution in [2.24, 2.45) is 0 Å². The second-order valence-electron chi connectivity index (χ2n) is 4.73. The number of nitrogens with one attached hydrogen (secondary N) is 2. The minimum atomic E-state index is -0.186. The van der Waals surface area contributed by atoms with E-state index in [2.05, 4.69) is 27.5 Å². The fourth-order valence-electron chi connectivity index (χ4n) is 1.82. The summed E-state index contributed by atoms with van der Waals surface area (Å²) < 4.78 is 5.10. The fraction of sp³-hybridized carbons (Fsp3) is 0.312. The summed E-state index contributed by atoms with van der Waals surface area (Å²) in [6.45, 7) is 2.73. The van der Waals surface area contributed by atoms with Gasteiger partial charge in [-0.2, -0.15) is 0 Å². The van der Waals surface area contributed by atoms with Crippen molar-refractivity contribution >= 4 is 17.5 Å². The molecule has 0 atom stereocenters. The Morgan fingerprint density at radius 1 is 1.23 bits per heavy atom. The van der Waals surface area contributed by atoms with Crippen LogP contribution in [0.4, 0.5) is 11.6 Å². The molecule has 0 saturated carbocycles. The van der Waals surface area contributed by atoms with E-state index in [0.717, 1.165) is 24.3 Å². The monoisotopic (exact) mass is 300 g/mol. The zero-order valence-electron chi connectivity index (χ0n) is 12.8. The van der Waals surface area contributed by atoms with Crippen molar-refractivity contribution in [1.29, 1.82) is 0 Å². The van der Waals surface area contributed by atoms with E-state index in [1.807, 2.05) is 24.3 Å². The number of hydrogen-bond acceptors (Lipinski definition) is 5. The molecule has 22 heavy (non-hydrogen) atoms. The number of rotatable bonds is 7. The summed E-state index contributed by atoms with van der Waals surface area (Å²) in [5, 5.41) is 5.89. The smallest absolute Gasteiger partial charge is 0.270 e. The highest BCUT2D eigenvalue weighted by Crippen LogP contribution is 2.17. The normalized spacial score (nSPS) is 10.1. The summed E-state index contributed by atoms with van der Waals surface area (Å²) in [7, 11) is 1.62. The first kappa shape index (κ1) is 15.8. The minimum absolute atomic E-state index is 0.186. The molecule has 1 heterocycles. The Morgan fingerprint density at radius 2 is 2.00 bits per heavy atom. The maximum absolute atomic E-state index is 12.0. The number of nitrogens with zero attached hydrogens (tertiary/aromatic N) is 2. The van der Waals surface area contributed by atoms with Gasteiger partial charge in [0, 0.05) is 18.4 Å². The van der Waals surface area contributed by atoms with Crippen LogP contribution in [0, 0.1) is 0 Å². The summed E-state index contributed by atoms with van der Waals surface area (Å²) in [4.78, 5) is 20.3. The molecular formula is C16H20N4O2. The molecule has 0 spiro atoms. The van der Waals surface area contributed by atoms with Gasteiger partial charge in [-0.05, 0) is 36.8 Å². The zero-order chi connectivity index (χ0) is 15.8. The lowest BCUT2D eigenvalue weighted by Gasteiger charge is -2.07. The van der Waals surface area contributed by atoms with Gasteiger partial charge < -0.3 is 15.4 Å². The van der Waals surface area contributed by atoms with Crippen LogP contribution in [-0.4, -0.2) is 29.5 Å². The summed E-state index contributed by atoms with van der Waals surface area (Å²) in [5.41, 5.74) is 1.17. The first-order chi connectivity index (χ1) is 10.7. The van der Waals surface area contributed by atoms with Gasteiger partial charge in [-0.25, -0.2) is 9.97 Å². The van der Waals surface area contributed by atoms with Gasteiger partial charge in [0.1, 0.15) is 11.4 Å². The molecule has 1 aromatic carbocycles. The van der Waals surface area contributed by atoms with Crippen molar-refractivity contribution in [2.75, 3.05) is 19.0 Å². The number of carbonyl (C=O) groups is 1. The molecule has 1 amide bonds. The molecule has 6 nitrogen and oxygen atoms in total. The van der Waals surface area contributed by atoms with Gasteiger partial charge in [-0.15, -0.1) is 0 Å². The first-order valence-corrected chi connectivity index (χ1v) is 7.25. The lowest BCUT2D eigenvalue weighted by atomic mass is 10.3. The van der Waals surface area contributed by atoms with Crippen LogP contribution in [0.15, 0.2) is 36.5 Å². The van der Waals surface area contributed by atoms with Crippen LogP contribution >= 0.6 is 0 Å². The molecule has 116 valence electrons. The topological polar surface area (TPSA) is 76.1 Å². The molecule has 2 rings (SSSR count). The van der Waals surface area contributed by atoms with Gasteiger partial charge in [-0.1, -0.05) is 13.3 Å². The average molecular weight is 300 g/mol. The molecule has 0 unspecified atom stereocenters. The van der Waals surface area contributed by atoms with Crippen LogP contribution in [0.1, 0.15) is 30.3 Å². The fourth-order valence-corrected chi connectivity index (χ4v) is 1.82. The number of carbonyl (C=O) groups excluding carboxylic acids is 1. The third-order valence-electron chi connectivity index (χ3n) is 3.05. The molecular weight excluding hydrogens is 280 g/mol. The third kappa shape index (κ3) is 4.44. The molecule has 0 saturated heterocycles. The Morgan fingerprint density at radius 3 is 2.68 bits per heavy atom. The van der Waals surface area contributed by atoms with Gasteiger partial charge in [0.25, 0.3) is 5.91 Å². The van der Waals surface area contributed by atoms with Crippen LogP contribution < -0.4 is 15.4 Å². The summed E-state index contributed by atoms with van der Waals surface area (Å²) in [6.07, 6.45) is 3.55. The molecule has 2 aromatic rings. The Hall–Kier alpha value is -2.63. The maximum atomic E-state index is 12.0. The highest BCUT2D eigenvalue weighted by molar-refractivity contribution is 5.92. The highest BCUT2D eigenvalue weighted by atomic mass is 16.5.